The van der Waals surface area contributed by atoms with Gasteiger partial charge in [0.2, 0.25) is 0 Å². The topological polar surface area (TPSA) is 41.5 Å². The molecule has 0 aliphatic heterocycles. The van der Waals surface area contributed by atoms with Crippen LogP contribution in [0.4, 0.5) is 0 Å². The van der Waals surface area contributed by atoms with Crippen molar-refractivity contribution in [1.29, 1.82) is 0 Å². The van der Waals surface area contributed by atoms with Crippen molar-refractivity contribution in [2.24, 2.45) is 0 Å². The van der Waals surface area contributed by atoms with Crippen LogP contribution >= 0.6 is 11.6 Å². The molecule has 0 aliphatic rings. The minimum absolute atomic E-state index is 0.132. The first kappa shape index (κ1) is 15.8. The normalized spacial score (nSPS) is 13.7. The second-order valence-electron chi connectivity index (χ2n) is 4.94. The van der Waals surface area contributed by atoms with Gasteiger partial charge >= 0.3 is 0 Å². The van der Waals surface area contributed by atoms with Gasteiger partial charge in [-0.2, -0.15) is 0 Å². The van der Waals surface area contributed by atoms with Gasteiger partial charge in [0.1, 0.15) is 5.75 Å². The summed E-state index contributed by atoms with van der Waals surface area (Å²) in [6.45, 7) is 2.50. The lowest BCUT2D eigenvalue weighted by Crippen LogP contribution is -2.24. The maximum absolute atomic E-state index is 10.2. The van der Waals surface area contributed by atoms with E-state index in [4.69, 9.17) is 16.3 Å². The van der Waals surface area contributed by atoms with E-state index in [1.54, 1.807) is 13.2 Å². The highest BCUT2D eigenvalue weighted by Crippen LogP contribution is 2.23. The number of benzene rings is 2. The third-order valence-electron chi connectivity index (χ3n) is 3.50. The number of methoxy groups -OCH3 is 1. The predicted octanol–water partition coefficient (Wildman–Crippen LogP) is 3.73. The van der Waals surface area contributed by atoms with Crippen molar-refractivity contribution in [2.75, 3.05) is 13.7 Å². The van der Waals surface area contributed by atoms with Crippen LogP contribution in [0.1, 0.15) is 30.2 Å². The minimum atomic E-state index is -0.626. The second kappa shape index (κ2) is 7.46. The molecule has 2 unspecified atom stereocenters. The molecule has 3 nitrogen and oxygen atoms in total. The summed E-state index contributed by atoms with van der Waals surface area (Å²) in [5.74, 6) is 0.835. The van der Waals surface area contributed by atoms with Crippen molar-refractivity contribution in [3.8, 4) is 5.75 Å². The zero-order valence-corrected chi connectivity index (χ0v) is 13.0. The fourth-order valence-corrected chi connectivity index (χ4v) is 2.42. The molecule has 2 aromatic rings. The van der Waals surface area contributed by atoms with Gasteiger partial charge in [0.25, 0.3) is 0 Å². The Labute approximate surface area is 130 Å². The average Bonchev–Trinajstić information content (AvgIpc) is 2.52. The number of ether oxygens (including phenoxy) is 1. The average molecular weight is 306 g/mol. The van der Waals surface area contributed by atoms with E-state index in [0.717, 1.165) is 16.9 Å². The summed E-state index contributed by atoms with van der Waals surface area (Å²) in [5.41, 5.74) is 1.88. The Kier molecular flexibility index (Phi) is 5.62. The molecule has 0 fully saturated rings. The smallest absolute Gasteiger partial charge is 0.118 e. The first-order chi connectivity index (χ1) is 10.1. The number of rotatable bonds is 6. The van der Waals surface area contributed by atoms with E-state index >= 15 is 0 Å². The van der Waals surface area contributed by atoms with Crippen molar-refractivity contribution >= 4 is 11.6 Å². The summed E-state index contributed by atoms with van der Waals surface area (Å²) in [5, 5.41) is 14.1. The maximum atomic E-state index is 10.2. The SMILES string of the molecule is COc1ccc(C(C)NCC(O)c2ccccc2Cl)cc1. The van der Waals surface area contributed by atoms with Gasteiger partial charge < -0.3 is 15.2 Å². The van der Waals surface area contributed by atoms with Gasteiger partial charge in [0.15, 0.2) is 0 Å². The summed E-state index contributed by atoms with van der Waals surface area (Å²) >= 11 is 6.08. The van der Waals surface area contributed by atoms with Crippen LogP contribution in [0.15, 0.2) is 48.5 Å². The van der Waals surface area contributed by atoms with Gasteiger partial charge in [0, 0.05) is 23.2 Å². The summed E-state index contributed by atoms with van der Waals surface area (Å²) in [6.07, 6.45) is -0.626. The zero-order valence-electron chi connectivity index (χ0n) is 12.2. The van der Waals surface area contributed by atoms with Gasteiger partial charge in [-0.3, -0.25) is 0 Å². The quantitative estimate of drug-likeness (QED) is 0.854. The van der Waals surface area contributed by atoms with Crippen LogP contribution in [0.5, 0.6) is 5.75 Å². The van der Waals surface area contributed by atoms with Crippen molar-refractivity contribution in [1.82, 2.24) is 5.32 Å². The van der Waals surface area contributed by atoms with E-state index in [1.165, 1.54) is 0 Å². The molecule has 2 N–H and O–H groups in total. The monoisotopic (exact) mass is 305 g/mol. The lowest BCUT2D eigenvalue weighted by Gasteiger charge is -2.18. The maximum Gasteiger partial charge on any atom is 0.118 e. The van der Waals surface area contributed by atoms with Gasteiger partial charge in [-0.1, -0.05) is 41.9 Å². The van der Waals surface area contributed by atoms with E-state index in [-0.39, 0.29) is 6.04 Å². The molecular weight excluding hydrogens is 286 g/mol. The Morgan fingerprint density at radius 3 is 2.43 bits per heavy atom. The second-order valence-corrected chi connectivity index (χ2v) is 5.35. The molecule has 0 amide bonds. The number of hydrogen-bond donors (Lipinski definition) is 2. The largest absolute Gasteiger partial charge is 0.497 e. The van der Waals surface area contributed by atoms with Gasteiger partial charge in [-0.15, -0.1) is 0 Å². The Balaban J connectivity index is 1.94. The molecule has 0 saturated heterocycles. The van der Waals surface area contributed by atoms with Crippen molar-refractivity contribution in [2.45, 2.75) is 19.1 Å². The summed E-state index contributed by atoms with van der Waals surface area (Å²) in [6, 6.07) is 15.4. The van der Waals surface area contributed by atoms with Crippen LogP contribution in [0.25, 0.3) is 0 Å². The standard InChI is InChI=1S/C17H20ClNO2/c1-12(13-7-9-14(21-2)10-8-13)19-11-17(20)15-5-3-4-6-16(15)18/h3-10,12,17,19-20H,11H2,1-2H3. The first-order valence-electron chi connectivity index (χ1n) is 6.91. The molecule has 112 valence electrons. The molecule has 0 aliphatic carbocycles. The summed E-state index contributed by atoms with van der Waals surface area (Å²) in [7, 11) is 1.65. The van der Waals surface area contributed by atoms with E-state index < -0.39 is 6.10 Å². The Morgan fingerprint density at radius 2 is 1.81 bits per heavy atom. The number of nitrogens with one attached hydrogen (secondary N) is 1. The lowest BCUT2D eigenvalue weighted by atomic mass is 10.1. The van der Waals surface area contributed by atoms with Crippen LogP contribution in [-0.2, 0) is 0 Å². The highest BCUT2D eigenvalue weighted by molar-refractivity contribution is 6.31. The molecule has 0 spiro atoms. The molecule has 2 atom stereocenters. The van der Waals surface area contributed by atoms with Gasteiger partial charge in [-0.05, 0) is 30.7 Å². The van der Waals surface area contributed by atoms with E-state index in [1.807, 2.05) is 42.5 Å². The van der Waals surface area contributed by atoms with Crippen LogP contribution in [0.3, 0.4) is 0 Å². The number of aliphatic hydroxyl groups is 1. The van der Waals surface area contributed by atoms with Crippen molar-refractivity contribution in [3.63, 3.8) is 0 Å². The fraction of sp³-hybridized carbons (Fsp3) is 0.294. The molecule has 2 rings (SSSR count). The molecule has 4 heteroatoms. The molecule has 0 radical (unpaired) electrons. The third kappa shape index (κ3) is 4.21. The van der Waals surface area contributed by atoms with Crippen molar-refractivity contribution < 1.29 is 9.84 Å². The molecule has 0 aromatic heterocycles. The van der Waals surface area contributed by atoms with Crippen LogP contribution in [0.2, 0.25) is 5.02 Å². The van der Waals surface area contributed by atoms with Gasteiger partial charge in [-0.25, -0.2) is 0 Å². The molecule has 0 heterocycles. The van der Waals surface area contributed by atoms with E-state index in [0.29, 0.717) is 11.6 Å². The highest BCUT2D eigenvalue weighted by Gasteiger charge is 2.13. The third-order valence-corrected chi connectivity index (χ3v) is 3.84. The zero-order chi connectivity index (χ0) is 15.2. The van der Waals surface area contributed by atoms with Crippen molar-refractivity contribution in [3.05, 3.63) is 64.7 Å². The molecule has 0 bridgehead atoms. The minimum Gasteiger partial charge on any atom is -0.497 e. The van der Waals surface area contributed by atoms with E-state index in [2.05, 4.69) is 12.2 Å². The summed E-state index contributed by atoms with van der Waals surface area (Å²) in [4.78, 5) is 0. The molecular formula is C17H20ClNO2. The number of aliphatic hydroxyl groups excluding tert-OH is 1. The Morgan fingerprint density at radius 1 is 1.14 bits per heavy atom. The fourth-order valence-electron chi connectivity index (χ4n) is 2.15. The molecule has 0 saturated carbocycles. The number of hydrogen-bond acceptors (Lipinski definition) is 3. The van der Waals surface area contributed by atoms with E-state index in [9.17, 15) is 5.11 Å². The lowest BCUT2D eigenvalue weighted by molar-refractivity contribution is 0.171. The number of halogens is 1. The van der Waals surface area contributed by atoms with Crippen LogP contribution in [0, 0.1) is 0 Å². The molecule has 21 heavy (non-hydrogen) atoms. The Bertz CT molecular complexity index is 571. The van der Waals surface area contributed by atoms with Crippen LogP contribution in [-0.4, -0.2) is 18.8 Å². The highest BCUT2D eigenvalue weighted by atomic mass is 35.5. The summed E-state index contributed by atoms with van der Waals surface area (Å²) < 4.78 is 5.14. The predicted molar refractivity (Wildman–Crippen MR) is 85.8 cm³/mol. The van der Waals surface area contributed by atoms with Gasteiger partial charge in [0.05, 0.1) is 13.2 Å². The molecule has 2 aromatic carbocycles. The van der Waals surface area contributed by atoms with Crippen LogP contribution < -0.4 is 10.1 Å². The Hall–Kier alpha value is -1.55. The first-order valence-corrected chi connectivity index (χ1v) is 7.29.